The van der Waals surface area contributed by atoms with Gasteiger partial charge < -0.3 is 4.90 Å². The van der Waals surface area contributed by atoms with Crippen LogP contribution in [0.4, 0.5) is 8.78 Å². The summed E-state index contributed by atoms with van der Waals surface area (Å²) in [6.07, 6.45) is 1.81. The summed E-state index contributed by atoms with van der Waals surface area (Å²) in [5.74, 6) is 0.339. The van der Waals surface area contributed by atoms with Gasteiger partial charge in [-0.3, -0.25) is 0 Å². The first-order chi connectivity index (χ1) is 11.1. The largest absolute Gasteiger partial charge is 0.306 e. The summed E-state index contributed by atoms with van der Waals surface area (Å²) in [7, 11) is 2.10. The summed E-state index contributed by atoms with van der Waals surface area (Å²) in [5.41, 5.74) is 1.74. The number of nitrogens with zero attached hydrogens (tertiary/aromatic N) is 1. The summed E-state index contributed by atoms with van der Waals surface area (Å²) >= 11 is 1.74. The highest BCUT2D eigenvalue weighted by Gasteiger charge is 2.37. The molecule has 1 saturated heterocycles. The van der Waals surface area contributed by atoms with E-state index in [1.54, 1.807) is 30.0 Å². The molecule has 0 saturated carbocycles. The highest BCUT2D eigenvalue weighted by atomic mass is 32.2. The van der Waals surface area contributed by atoms with Crippen LogP contribution in [0.3, 0.4) is 0 Å². The van der Waals surface area contributed by atoms with Gasteiger partial charge in [0.25, 0.3) is 0 Å². The Morgan fingerprint density at radius 1 is 1.04 bits per heavy atom. The van der Waals surface area contributed by atoms with Crippen molar-refractivity contribution in [2.75, 3.05) is 20.1 Å². The quantitative estimate of drug-likeness (QED) is 0.789. The first kappa shape index (κ1) is 16.5. The molecule has 0 N–H and O–H groups in total. The van der Waals surface area contributed by atoms with Crippen molar-refractivity contribution in [3.05, 3.63) is 71.3 Å². The van der Waals surface area contributed by atoms with E-state index in [-0.39, 0.29) is 16.4 Å². The molecule has 0 amide bonds. The highest BCUT2D eigenvalue weighted by molar-refractivity contribution is 7.99. The molecule has 0 bridgehead atoms. The third kappa shape index (κ3) is 3.75. The van der Waals surface area contributed by atoms with E-state index in [0.717, 1.165) is 37.1 Å². The lowest BCUT2D eigenvalue weighted by molar-refractivity contribution is 0.237. The van der Waals surface area contributed by atoms with E-state index in [1.807, 2.05) is 18.2 Å². The van der Waals surface area contributed by atoms with E-state index < -0.39 is 0 Å². The van der Waals surface area contributed by atoms with Gasteiger partial charge in [0.15, 0.2) is 0 Å². The molecule has 4 heteroatoms. The van der Waals surface area contributed by atoms with Gasteiger partial charge in [-0.15, -0.1) is 11.8 Å². The van der Waals surface area contributed by atoms with E-state index in [1.165, 1.54) is 12.1 Å². The molecule has 1 heterocycles. The average Bonchev–Trinajstić information content (AvgIpc) is 2.55. The van der Waals surface area contributed by atoms with Gasteiger partial charge in [-0.1, -0.05) is 30.3 Å². The molecule has 122 valence electrons. The number of benzene rings is 2. The Morgan fingerprint density at radius 2 is 1.78 bits per heavy atom. The van der Waals surface area contributed by atoms with Gasteiger partial charge in [0.1, 0.15) is 11.6 Å². The Kier molecular flexibility index (Phi) is 5.02. The molecule has 1 aliphatic rings. The Hall–Kier alpha value is -1.39. The lowest BCUT2D eigenvalue weighted by Gasteiger charge is -2.41. The molecule has 1 fully saturated rings. The van der Waals surface area contributed by atoms with Gasteiger partial charge in [-0.2, -0.15) is 0 Å². The number of halogens is 2. The van der Waals surface area contributed by atoms with Crippen LogP contribution in [-0.4, -0.2) is 25.0 Å². The van der Waals surface area contributed by atoms with E-state index in [4.69, 9.17) is 0 Å². The molecule has 2 aromatic carbocycles. The second kappa shape index (κ2) is 7.02. The molecule has 1 aliphatic heterocycles. The van der Waals surface area contributed by atoms with Crippen LogP contribution >= 0.6 is 11.8 Å². The fraction of sp³-hybridized carbons (Fsp3) is 0.368. The molecule has 0 unspecified atom stereocenters. The summed E-state index contributed by atoms with van der Waals surface area (Å²) in [4.78, 5) is 2.28. The summed E-state index contributed by atoms with van der Waals surface area (Å²) in [6.45, 7) is 1.90. The van der Waals surface area contributed by atoms with Crippen molar-refractivity contribution in [1.82, 2.24) is 4.90 Å². The normalized spacial score (nSPS) is 18.0. The Labute approximate surface area is 140 Å². The summed E-state index contributed by atoms with van der Waals surface area (Å²) in [6, 6.07) is 13.8. The van der Waals surface area contributed by atoms with Gasteiger partial charge in [-0.25, -0.2) is 8.78 Å². The van der Waals surface area contributed by atoms with Crippen LogP contribution in [0.25, 0.3) is 0 Å². The summed E-state index contributed by atoms with van der Waals surface area (Å²) in [5, 5.41) is 0. The Morgan fingerprint density at radius 3 is 2.48 bits per heavy atom. The molecule has 0 aliphatic carbocycles. The fourth-order valence-electron chi connectivity index (χ4n) is 3.15. The highest BCUT2D eigenvalue weighted by Crippen LogP contribution is 2.47. The smallest absolute Gasteiger partial charge is 0.127 e. The monoisotopic (exact) mass is 333 g/mol. The van der Waals surface area contributed by atoms with Crippen molar-refractivity contribution in [2.24, 2.45) is 0 Å². The van der Waals surface area contributed by atoms with Crippen molar-refractivity contribution in [1.29, 1.82) is 0 Å². The fourth-order valence-corrected chi connectivity index (χ4v) is 4.56. The maximum absolute atomic E-state index is 14.4. The van der Waals surface area contributed by atoms with Gasteiger partial charge in [0, 0.05) is 16.1 Å². The van der Waals surface area contributed by atoms with E-state index in [9.17, 15) is 8.78 Å². The van der Waals surface area contributed by atoms with E-state index >= 15 is 0 Å². The molecule has 23 heavy (non-hydrogen) atoms. The predicted molar refractivity (Wildman–Crippen MR) is 92.5 cm³/mol. The molecule has 3 rings (SSSR count). The van der Waals surface area contributed by atoms with Crippen molar-refractivity contribution in [3.8, 4) is 0 Å². The third-order valence-electron chi connectivity index (χ3n) is 4.56. The van der Waals surface area contributed by atoms with Crippen molar-refractivity contribution in [3.63, 3.8) is 0 Å². The van der Waals surface area contributed by atoms with Crippen molar-refractivity contribution < 1.29 is 8.78 Å². The van der Waals surface area contributed by atoms with Crippen LogP contribution < -0.4 is 0 Å². The number of hydrogen-bond donors (Lipinski definition) is 0. The average molecular weight is 333 g/mol. The Balaban J connectivity index is 1.86. The molecule has 0 spiro atoms. The zero-order valence-corrected chi connectivity index (χ0v) is 14.1. The van der Waals surface area contributed by atoms with Gasteiger partial charge >= 0.3 is 0 Å². The van der Waals surface area contributed by atoms with Crippen molar-refractivity contribution >= 4 is 11.8 Å². The van der Waals surface area contributed by atoms with E-state index in [2.05, 4.69) is 11.9 Å². The molecule has 0 radical (unpaired) electrons. The molecule has 2 aromatic rings. The van der Waals surface area contributed by atoms with Gasteiger partial charge in [0.05, 0.1) is 0 Å². The Bertz CT molecular complexity index is 666. The SMILES string of the molecule is CN1CCC(SCc2cccc(F)c2)(c2ccccc2F)CC1. The van der Waals surface area contributed by atoms with Gasteiger partial charge in [0.2, 0.25) is 0 Å². The minimum absolute atomic E-state index is 0.135. The number of rotatable bonds is 4. The van der Waals surface area contributed by atoms with Crippen LogP contribution in [0, 0.1) is 11.6 Å². The predicted octanol–water partition coefficient (Wildman–Crippen LogP) is 4.82. The number of hydrogen-bond acceptors (Lipinski definition) is 2. The maximum atomic E-state index is 14.4. The molecular weight excluding hydrogens is 312 g/mol. The molecule has 0 atom stereocenters. The maximum Gasteiger partial charge on any atom is 0.127 e. The van der Waals surface area contributed by atoms with Crippen LogP contribution in [0.15, 0.2) is 48.5 Å². The van der Waals surface area contributed by atoms with E-state index in [0.29, 0.717) is 5.75 Å². The number of thioether (sulfide) groups is 1. The number of likely N-dealkylation sites (tertiary alicyclic amines) is 1. The second-order valence-electron chi connectivity index (χ2n) is 6.20. The lowest BCUT2D eigenvalue weighted by atomic mass is 9.88. The van der Waals surface area contributed by atoms with Crippen molar-refractivity contribution in [2.45, 2.75) is 23.3 Å². The summed E-state index contributed by atoms with van der Waals surface area (Å²) < 4.78 is 27.6. The first-order valence-corrected chi connectivity index (χ1v) is 8.90. The number of piperidine rings is 1. The second-order valence-corrected chi connectivity index (χ2v) is 7.55. The van der Waals surface area contributed by atoms with Crippen LogP contribution in [0.2, 0.25) is 0 Å². The van der Waals surface area contributed by atoms with Crippen LogP contribution in [-0.2, 0) is 10.5 Å². The van der Waals surface area contributed by atoms with Crippen LogP contribution in [0.1, 0.15) is 24.0 Å². The first-order valence-electron chi connectivity index (χ1n) is 7.91. The minimum Gasteiger partial charge on any atom is -0.306 e. The van der Waals surface area contributed by atoms with Crippen LogP contribution in [0.5, 0.6) is 0 Å². The zero-order valence-electron chi connectivity index (χ0n) is 13.3. The molecule has 1 nitrogen and oxygen atoms in total. The zero-order chi connectivity index (χ0) is 16.3. The third-order valence-corrected chi connectivity index (χ3v) is 6.22. The standard InChI is InChI=1S/C19H21F2NS/c1-22-11-9-19(10-12-22,17-7-2-3-8-18(17)21)23-14-15-5-4-6-16(20)13-15/h2-8,13H,9-12,14H2,1H3. The molecular formula is C19H21F2NS. The minimum atomic E-state index is -0.232. The topological polar surface area (TPSA) is 3.24 Å². The van der Waals surface area contributed by atoms with Gasteiger partial charge in [-0.05, 0) is 56.7 Å². The molecule has 0 aromatic heterocycles. The lowest BCUT2D eigenvalue weighted by Crippen LogP contribution is -2.39.